The van der Waals surface area contributed by atoms with Crippen molar-refractivity contribution in [3.8, 4) is 0 Å². The van der Waals surface area contributed by atoms with Gasteiger partial charge in [0.1, 0.15) is 5.82 Å². The number of hydrogen-bond acceptors (Lipinski definition) is 5. The Balaban J connectivity index is 1.46. The number of urea groups is 1. The van der Waals surface area contributed by atoms with Crippen molar-refractivity contribution in [2.24, 2.45) is 0 Å². The molecule has 9 heteroatoms. The molecular weight excluding hydrogens is 432 g/mol. The summed E-state index contributed by atoms with van der Waals surface area (Å²) in [7, 11) is 0. The highest BCUT2D eigenvalue weighted by molar-refractivity contribution is 6.00. The Labute approximate surface area is 199 Å². The fourth-order valence-corrected chi connectivity index (χ4v) is 4.23. The van der Waals surface area contributed by atoms with E-state index in [-0.39, 0.29) is 18.2 Å². The summed E-state index contributed by atoms with van der Waals surface area (Å²) in [5, 5.41) is 5.72. The summed E-state index contributed by atoms with van der Waals surface area (Å²) >= 11 is 0. The van der Waals surface area contributed by atoms with E-state index in [1.165, 1.54) is 0 Å². The van der Waals surface area contributed by atoms with E-state index >= 15 is 0 Å². The minimum absolute atomic E-state index is 0.237. The zero-order chi connectivity index (χ0) is 24.1. The summed E-state index contributed by atoms with van der Waals surface area (Å²) in [4.78, 5) is 33.3. The van der Waals surface area contributed by atoms with Crippen LogP contribution in [0.3, 0.4) is 0 Å². The van der Waals surface area contributed by atoms with Crippen LogP contribution in [0.5, 0.6) is 0 Å². The number of anilines is 2. The van der Waals surface area contributed by atoms with Gasteiger partial charge in [0.05, 0.1) is 24.2 Å². The third-order valence-corrected chi connectivity index (χ3v) is 5.83. The van der Waals surface area contributed by atoms with Crippen molar-refractivity contribution >= 4 is 34.5 Å². The van der Waals surface area contributed by atoms with Gasteiger partial charge in [0.15, 0.2) is 0 Å². The van der Waals surface area contributed by atoms with Gasteiger partial charge in [-0.15, -0.1) is 0 Å². The molecule has 0 aliphatic carbocycles. The molecule has 0 bridgehead atoms. The molecule has 34 heavy (non-hydrogen) atoms. The fourth-order valence-electron chi connectivity index (χ4n) is 4.23. The molecule has 1 aliphatic heterocycles. The number of ether oxygens (including phenoxy) is 1. The SMILES string of the molecule is CCOC(=O)N1CCN(Cc2nc3cc(NC(=O)Nc4ccccc4)ccc3n2C(C)C)CC1. The number of piperazine rings is 1. The number of benzene rings is 2. The van der Waals surface area contributed by atoms with Gasteiger partial charge in [0, 0.05) is 43.6 Å². The smallest absolute Gasteiger partial charge is 0.409 e. The Hall–Kier alpha value is -3.59. The van der Waals surface area contributed by atoms with Gasteiger partial charge in [-0.3, -0.25) is 4.90 Å². The standard InChI is InChI=1S/C25H32N6O3/c1-4-34-25(33)30-14-12-29(13-15-30)17-23-28-21-16-20(10-11-22(21)31(23)18(2)3)27-24(32)26-19-8-6-5-7-9-19/h5-11,16,18H,4,12-15,17H2,1-3H3,(H2,26,27,32). The van der Waals surface area contributed by atoms with Crippen LogP contribution in [0.4, 0.5) is 21.0 Å². The number of amides is 3. The predicted octanol–water partition coefficient (Wildman–Crippen LogP) is 4.54. The lowest BCUT2D eigenvalue weighted by molar-refractivity contribution is 0.0768. The summed E-state index contributed by atoms with van der Waals surface area (Å²) < 4.78 is 7.35. The molecule has 4 rings (SSSR count). The highest BCUT2D eigenvalue weighted by atomic mass is 16.6. The molecule has 1 aromatic heterocycles. The molecule has 2 heterocycles. The Kier molecular flexibility index (Phi) is 7.32. The molecule has 0 unspecified atom stereocenters. The lowest BCUT2D eigenvalue weighted by Gasteiger charge is -2.34. The summed E-state index contributed by atoms with van der Waals surface area (Å²) in [6, 6.07) is 15.1. The lowest BCUT2D eigenvalue weighted by Crippen LogP contribution is -2.48. The van der Waals surface area contributed by atoms with Crippen molar-refractivity contribution in [1.82, 2.24) is 19.4 Å². The Morgan fingerprint density at radius 2 is 1.71 bits per heavy atom. The molecule has 3 amide bonds. The maximum atomic E-state index is 12.4. The van der Waals surface area contributed by atoms with Gasteiger partial charge in [-0.25, -0.2) is 14.6 Å². The molecule has 180 valence electrons. The number of carbonyl (C=O) groups is 2. The number of hydrogen-bond donors (Lipinski definition) is 2. The molecule has 0 radical (unpaired) electrons. The second-order valence-electron chi connectivity index (χ2n) is 8.60. The third kappa shape index (κ3) is 5.48. The minimum atomic E-state index is -0.298. The van der Waals surface area contributed by atoms with Gasteiger partial charge in [0.25, 0.3) is 0 Å². The van der Waals surface area contributed by atoms with Crippen LogP contribution in [0, 0.1) is 0 Å². The quantitative estimate of drug-likeness (QED) is 0.559. The maximum absolute atomic E-state index is 12.4. The van der Waals surface area contributed by atoms with Crippen molar-refractivity contribution in [2.45, 2.75) is 33.4 Å². The molecular formula is C25H32N6O3. The number of carbonyl (C=O) groups excluding carboxylic acids is 2. The van der Waals surface area contributed by atoms with Gasteiger partial charge in [-0.1, -0.05) is 18.2 Å². The van der Waals surface area contributed by atoms with Gasteiger partial charge < -0.3 is 24.8 Å². The van der Waals surface area contributed by atoms with Gasteiger partial charge in [0.2, 0.25) is 0 Å². The number of para-hydroxylation sites is 1. The van der Waals surface area contributed by atoms with Crippen LogP contribution in [-0.4, -0.2) is 64.3 Å². The number of aromatic nitrogens is 2. The number of nitrogens with zero attached hydrogens (tertiary/aromatic N) is 4. The van der Waals surface area contributed by atoms with Crippen LogP contribution in [-0.2, 0) is 11.3 Å². The molecule has 0 spiro atoms. The van der Waals surface area contributed by atoms with Gasteiger partial charge in [-0.05, 0) is 51.1 Å². The monoisotopic (exact) mass is 464 g/mol. The van der Waals surface area contributed by atoms with Crippen molar-refractivity contribution in [2.75, 3.05) is 43.4 Å². The van der Waals surface area contributed by atoms with E-state index in [1.54, 1.807) is 4.90 Å². The van der Waals surface area contributed by atoms with E-state index in [0.717, 1.165) is 35.6 Å². The average molecular weight is 465 g/mol. The first-order valence-corrected chi connectivity index (χ1v) is 11.7. The van der Waals surface area contributed by atoms with E-state index in [9.17, 15) is 9.59 Å². The molecule has 3 aromatic rings. The first kappa shape index (κ1) is 23.6. The molecule has 1 fully saturated rings. The van der Waals surface area contributed by atoms with Crippen LogP contribution >= 0.6 is 0 Å². The van der Waals surface area contributed by atoms with Crippen molar-refractivity contribution in [1.29, 1.82) is 0 Å². The number of fused-ring (bicyclic) bond motifs is 1. The van der Waals surface area contributed by atoms with Crippen LogP contribution in [0.1, 0.15) is 32.6 Å². The van der Waals surface area contributed by atoms with Crippen LogP contribution in [0.25, 0.3) is 11.0 Å². The maximum Gasteiger partial charge on any atom is 0.409 e. The number of rotatable bonds is 6. The van der Waals surface area contributed by atoms with Crippen LogP contribution < -0.4 is 10.6 Å². The molecule has 2 aromatic carbocycles. The zero-order valence-electron chi connectivity index (χ0n) is 20.0. The van der Waals surface area contributed by atoms with E-state index in [4.69, 9.17) is 9.72 Å². The fraction of sp³-hybridized carbons (Fsp3) is 0.400. The van der Waals surface area contributed by atoms with Gasteiger partial charge >= 0.3 is 12.1 Å². The van der Waals surface area contributed by atoms with Crippen LogP contribution in [0.15, 0.2) is 48.5 Å². The highest BCUT2D eigenvalue weighted by Gasteiger charge is 2.24. The molecule has 1 saturated heterocycles. The summed E-state index contributed by atoms with van der Waals surface area (Å²) in [5.41, 5.74) is 3.29. The Bertz CT molecular complexity index is 1140. The number of nitrogens with one attached hydrogen (secondary N) is 2. The molecule has 0 saturated carbocycles. The summed E-state index contributed by atoms with van der Waals surface area (Å²) in [6.07, 6.45) is -0.243. The zero-order valence-corrected chi connectivity index (χ0v) is 20.0. The second-order valence-corrected chi connectivity index (χ2v) is 8.60. The molecule has 1 aliphatic rings. The van der Waals surface area contributed by atoms with Crippen LogP contribution in [0.2, 0.25) is 0 Å². The van der Waals surface area contributed by atoms with Crippen molar-refractivity contribution in [3.63, 3.8) is 0 Å². The normalized spacial score (nSPS) is 14.4. The average Bonchev–Trinajstić information content (AvgIpc) is 3.17. The highest BCUT2D eigenvalue weighted by Crippen LogP contribution is 2.25. The molecule has 0 atom stereocenters. The summed E-state index contributed by atoms with van der Waals surface area (Å²) in [6.45, 7) is 10.0. The molecule has 2 N–H and O–H groups in total. The van der Waals surface area contributed by atoms with E-state index in [2.05, 4.69) is 33.9 Å². The summed E-state index contributed by atoms with van der Waals surface area (Å²) in [5.74, 6) is 0.973. The van der Waals surface area contributed by atoms with Crippen molar-refractivity contribution in [3.05, 3.63) is 54.4 Å². The lowest BCUT2D eigenvalue weighted by atomic mass is 10.2. The van der Waals surface area contributed by atoms with Crippen molar-refractivity contribution < 1.29 is 14.3 Å². The third-order valence-electron chi connectivity index (χ3n) is 5.83. The second kappa shape index (κ2) is 10.6. The molecule has 9 nitrogen and oxygen atoms in total. The predicted molar refractivity (Wildman–Crippen MR) is 133 cm³/mol. The minimum Gasteiger partial charge on any atom is -0.450 e. The van der Waals surface area contributed by atoms with E-state index < -0.39 is 0 Å². The first-order chi connectivity index (χ1) is 16.4. The number of imidazole rings is 1. The first-order valence-electron chi connectivity index (χ1n) is 11.7. The largest absolute Gasteiger partial charge is 0.450 e. The topological polar surface area (TPSA) is 91.7 Å². The van der Waals surface area contributed by atoms with E-state index in [0.29, 0.717) is 31.9 Å². The Morgan fingerprint density at radius 1 is 1.00 bits per heavy atom. The van der Waals surface area contributed by atoms with E-state index in [1.807, 2.05) is 55.5 Å². The Morgan fingerprint density at radius 3 is 2.38 bits per heavy atom. The van der Waals surface area contributed by atoms with Gasteiger partial charge in [-0.2, -0.15) is 0 Å².